The summed E-state index contributed by atoms with van der Waals surface area (Å²) in [5, 5.41) is 3.71. The van der Waals surface area contributed by atoms with Crippen LogP contribution in [0.3, 0.4) is 0 Å². The number of ether oxygens (including phenoxy) is 1. The maximum Gasteiger partial charge on any atom is 0.332 e. The summed E-state index contributed by atoms with van der Waals surface area (Å²) in [6.07, 6.45) is 1.39. The van der Waals surface area contributed by atoms with E-state index in [1.807, 2.05) is 18.2 Å². The van der Waals surface area contributed by atoms with E-state index in [2.05, 4.69) is 10.3 Å². The zero-order valence-electron chi connectivity index (χ0n) is 16.1. The van der Waals surface area contributed by atoms with Crippen LogP contribution in [0.2, 0.25) is 0 Å². The van der Waals surface area contributed by atoms with Gasteiger partial charge in [0.1, 0.15) is 11.2 Å². The molecule has 1 amide bonds. The van der Waals surface area contributed by atoms with E-state index in [0.29, 0.717) is 16.8 Å². The minimum Gasteiger partial charge on any atom is -0.451 e. The molecular formula is C20H18N4O5. The van der Waals surface area contributed by atoms with Crippen LogP contribution >= 0.6 is 0 Å². The monoisotopic (exact) mass is 394 g/mol. The summed E-state index contributed by atoms with van der Waals surface area (Å²) in [6, 6.07) is 8.78. The Hall–Kier alpha value is -3.72. The van der Waals surface area contributed by atoms with E-state index >= 15 is 0 Å². The molecule has 0 aliphatic heterocycles. The number of para-hydroxylation sites is 1. The number of aryl methyl sites for hydroxylation is 1. The molecule has 0 atom stereocenters. The number of aromatic nitrogens is 3. The maximum absolute atomic E-state index is 12.9. The van der Waals surface area contributed by atoms with Crippen molar-refractivity contribution in [2.75, 3.05) is 12.4 Å². The van der Waals surface area contributed by atoms with Crippen LogP contribution in [-0.2, 0) is 25.4 Å². The molecule has 4 rings (SSSR count). The quantitative estimate of drug-likeness (QED) is 0.565. The molecule has 3 heterocycles. The first kappa shape index (κ1) is 18.6. The first-order valence-electron chi connectivity index (χ1n) is 8.79. The lowest BCUT2D eigenvalue weighted by atomic mass is 10.1. The van der Waals surface area contributed by atoms with E-state index in [4.69, 9.17) is 9.15 Å². The van der Waals surface area contributed by atoms with Gasteiger partial charge in [-0.2, -0.15) is 0 Å². The molecule has 148 valence electrons. The molecule has 0 spiro atoms. The Bertz CT molecular complexity index is 1380. The lowest BCUT2D eigenvalue weighted by Gasteiger charge is -2.09. The summed E-state index contributed by atoms with van der Waals surface area (Å²) >= 11 is 0. The average molecular weight is 394 g/mol. The average Bonchev–Trinajstić information content (AvgIpc) is 3.10. The van der Waals surface area contributed by atoms with Crippen molar-refractivity contribution in [3.05, 3.63) is 68.7 Å². The number of pyridine rings is 1. The number of nitrogens with one attached hydrogen (secondary N) is 1. The van der Waals surface area contributed by atoms with Crippen molar-refractivity contribution in [3.63, 3.8) is 0 Å². The fourth-order valence-electron chi connectivity index (χ4n) is 3.29. The first-order valence-corrected chi connectivity index (χ1v) is 8.79. The zero-order valence-corrected chi connectivity index (χ0v) is 16.1. The van der Waals surface area contributed by atoms with Gasteiger partial charge in [0.05, 0.1) is 23.9 Å². The molecule has 0 unspecified atom stereocenters. The SMILES string of the molecule is COCc1c(C(=O)Nc2cnc3c(c2)c(=O)n(C)c(=O)n3C)oc2ccccc12. The Morgan fingerprint density at radius 3 is 2.69 bits per heavy atom. The van der Waals surface area contributed by atoms with Crippen molar-refractivity contribution in [1.82, 2.24) is 14.1 Å². The van der Waals surface area contributed by atoms with Crippen LogP contribution < -0.4 is 16.6 Å². The second-order valence-electron chi connectivity index (χ2n) is 6.59. The molecule has 0 saturated heterocycles. The molecule has 0 aliphatic rings. The summed E-state index contributed by atoms with van der Waals surface area (Å²) in [4.78, 5) is 41.5. The third kappa shape index (κ3) is 3.01. The molecule has 3 aromatic heterocycles. The van der Waals surface area contributed by atoms with Crippen LogP contribution in [0.1, 0.15) is 16.1 Å². The molecule has 0 bridgehead atoms. The van der Waals surface area contributed by atoms with E-state index in [9.17, 15) is 14.4 Å². The normalized spacial score (nSPS) is 11.3. The molecule has 1 aromatic carbocycles. The summed E-state index contributed by atoms with van der Waals surface area (Å²) in [5.41, 5.74) is 0.786. The van der Waals surface area contributed by atoms with E-state index in [1.54, 1.807) is 6.07 Å². The van der Waals surface area contributed by atoms with E-state index in [0.717, 1.165) is 9.95 Å². The first-order chi connectivity index (χ1) is 13.9. The molecule has 0 radical (unpaired) electrons. The third-order valence-corrected chi connectivity index (χ3v) is 4.74. The van der Waals surface area contributed by atoms with Gasteiger partial charge in [-0.25, -0.2) is 9.78 Å². The Morgan fingerprint density at radius 2 is 1.93 bits per heavy atom. The molecular weight excluding hydrogens is 376 g/mol. The van der Waals surface area contributed by atoms with Crippen LogP contribution in [0.15, 0.2) is 50.5 Å². The van der Waals surface area contributed by atoms with Crippen LogP contribution in [0.25, 0.3) is 22.0 Å². The predicted molar refractivity (Wildman–Crippen MR) is 107 cm³/mol. The smallest absolute Gasteiger partial charge is 0.332 e. The summed E-state index contributed by atoms with van der Waals surface area (Å²) < 4.78 is 13.2. The van der Waals surface area contributed by atoms with Crippen molar-refractivity contribution in [3.8, 4) is 0 Å². The third-order valence-electron chi connectivity index (χ3n) is 4.74. The van der Waals surface area contributed by atoms with Crippen molar-refractivity contribution in [1.29, 1.82) is 0 Å². The minimum absolute atomic E-state index is 0.126. The predicted octanol–water partition coefficient (Wildman–Crippen LogP) is 1.78. The minimum atomic E-state index is -0.490. The number of carbonyl (C=O) groups is 1. The van der Waals surface area contributed by atoms with Crippen molar-refractivity contribution in [2.24, 2.45) is 14.1 Å². The van der Waals surface area contributed by atoms with Gasteiger partial charge in [-0.3, -0.25) is 18.7 Å². The Labute approximate surface area is 164 Å². The highest BCUT2D eigenvalue weighted by molar-refractivity contribution is 6.06. The number of anilines is 1. The number of nitrogens with zero attached hydrogens (tertiary/aromatic N) is 3. The second-order valence-corrected chi connectivity index (χ2v) is 6.59. The molecule has 9 heteroatoms. The Kier molecular flexibility index (Phi) is 4.51. The van der Waals surface area contributed by atoms with Gasteiger partial charge < -0.3 is 14.5 Å². The summed E-state index contributed by atoms with van der Waals surface area (Å²) in [6.45, 7) is 0.207. The molecule has 0 aliphatic carbocycles. The van der Waals surface area contributed by atoms with E-state index in [1.165, 1.54) is 38.0 Å². The van der Waals surface area contributed by atoms with E-state index < -0.39 is 17.2 Å². The Morgan fingerprint density at radius 1 is 1.17 bits per heavy atom. The lowest BCUT2D eigenvalue weighted by Crippen LogP contribution is -2.37. The number of methoxy groups -OCH3 is 1. The van der Waals surface area contributed by atoms with Gasteiger partial charge in [0.2, 0.25) is 0 Å². The number of hydrogen-bond donors (Lipinski definition) is 1. The molecule has 1 N–H and O–H groups in total. The van der Waals surface area contributed by atoms with Crippen molar-refractivity contribution in [2.45, 2.75) is 6.61 Å². The van der Waals surface area contributed by atoms with E-state index in [-0.39, 0.29) is 23.4 Å². The van der Waals surface area contributed by atoms with Gasteiger partial charge in [0.25, 0.3) is 11.5 Å². The number of fused-ring (bicyclic) bond motifs is 2. The number of hydrogen-bond acceptors (Lipinski definition) is 6. The molecule has 0 saturated carbocycles. The van der Waals surface area contributed by atoms with Gasteiger partial charge in [0.15, 0.2) is 5.76 Å². The standard InChI is InChI=1S/C20H18N4O5/c1-23-17-13(19(26)24(2)20(23)27)8-11(9-21-17)22-18(25)16-14(10-28-3)12-6-4-5-7-15(12)29-16/h4-9H,10H2,1-3H3,(H,22,25). The van der Waals surface area contributed by atoms with Gasteiger partial charge >= 0.3 is 5.69 Å². The maximum atomic E-state index is 12.9. The molecule has 9 nitrogen and oxygen atoms in total. The van der Waals surface area contributed by atoms with Crippen LogP contribution in [-0.4, -0.2) is 27.1 Å². The number of benzene rings is 1. The fourth-order valence-corrected chi connectivity index (χ4v) is 3.29. The number of furan rings is 1. The molecule has 29 heavy (non-hydrogen) atoms. The fraction of sp³-hybridized carbons (Fsp3) is 0.200. The zero-order chi connectivity index (χ0) is 20.7. The highest BCUT2D eigenvalue weighted by Gasteiger charge is 2.21. The Balaban J connectivity index is 1.77. The highest BCUT2D eigenvalue weighted by atomic mass is 16.5. The summed E-state index contributed by atoms with van der Waals surface area (Å²) in [7, 11) is 4.46. The van der Waals surface area contributed by atoms with Gasteiger partial charge in [-0.15, -0.1) is 0 Å². The van der Waals surface area contributed by atoms with Gasteiger partial charge in [-0.05, 0) is 12.1 Å². The van der Waals surface area contributed by atoms with Crippen molar-refractivity contribution >= 4 is 33.6 Å². The topological polar surface area (TPSA) is 108 Å². The van der Waals surface area contributed by atoms with Gasteiger partial charge in [-0.1, -0.05) is 18.2 Å². The molecule has 4 aromatic rings. The van der Waals surface area contributed by atoms with Crippen LogP contribution in [0, 0.1) is 0 Å². The number of carbonyl (C=O) groups excluding carboxylic acids is 1. The van der Waals surface area contributed by atoms with Gasteiger partial charge in [0, 0.05) is 32.2 Å². The largest absolute Gasteiger partial charge is 0.451 e. The second kappa shape index (κ2) is 7.02. The van der Waals surface area contributed by atoms with Crippen LogP contribution in [0.5, 0.6) is 0 Å². The molecule has 0 fully saturated rings. The van der Waals surface area contributed by atoms with Crippen molar-refractivity contribution < 1.29 is 13.9 Å². The number of amides is 1. The summed E-state index contributed by atoms with van der Waals surface area (Å²) in [5.74, 6) is -0.363. The van der Waals surface area contributed by atoms with Crippen LogP contribution in [0.4, 0.5) is 5.69 Å². The highest BCUT2D eigenvalue weighted by Crippen LogP contribution is 2.27. The number of rotatable bonds is 4. The lowest BCUT2D eigenvalue weighted by molar-refractivity contribution is 0.0992.